The third kappa shape index (κ3) is 6.46. The summed E-state index contributed by atoms with van der Waals surface area (Å²) in [5, 5.41) is 0.999. The fourth-order valence-electron chi connectivity index (χ4n) is 6.13. The first-order chi connectivity index (χ1) is 12.4. The molecule has 1 heteroatoms. The maximum absolute atomic E-state index is 2.69. The minimum Gasteiger partial charge on any atom is -0.158 e. The lowest BCUT2D eigenvalue weighted by Gasteiger charge is -2.38. The van der Waals surface area contributed by atoms with Crippen LogP contribution in [0.3, 0.4) is 0 Å². The average Bonchev–Trinajstić information content (AvgIpc) is 3.26. The molecule has 0 nitrogen and oxygen atoms in total. The first-order valence-electron chi connectivity index (χ1n) is 12.0. The Bertz CT molecular complexity index is 424. The summed E-state index contributed by atoms with van der Waals surface area (Å²) in [5.74, 6) is 4.51. The molecule has 0 aromatic carbocycles. The smallest absolute Gasteiger partial charge is 0.00501 e. The summed E-state index contributed by atoms with van der Waals surface area (Å²) in [5.41, 5.74) is 1.21. The van der Waals surface area contributed by atoms with Gasteiger partial charge < -0.3 is 0 Å². The maximum atomic E-state index is 2.69. The van der Waals surface area contributed by atoms with Gasteiger partial charge in [-0.1, -0.05) is 59.8 Å². The Labute approximate surface area is 169 Å². The molecule has 0 aromatic rings. The second-order valence-corrected chi connectivity index (χ2v) is 12.8. The van der Waals surface area contributed by atoms with Gasteiger partial charge in [-0.3, -0.25) is 0 Å². The zero-order valence-electron chi connectivity index (χ0n) is 18.3. The van der Waals surface area contributed by atoms with Gasteiger partial charge in [-0.15, -0.1) is 0 Å². The molecule has 0 saturated heterocycles. The normalized spacial score (nSPS) is 39.9. The lowest BCUT2D eigenvalue weighted by Crippen LogP contribution is -2.27. The number of hydrogen-bond acceptors (Lipinski definition) is 1. The molecule has 3 aliphatic rings. The molecule has 3 fully saturated rings. The Morgan fingerprint density at radius 3 is 2.31 bits per heavy atom. The van der Waals surface area contributed by atoms with Gasteiger partial charge in [0.2, 0.25) is 0 Å². The van der Waals surface area contributed by atoms with Gasteiger partial charge in [0.1, 0.15) is 0 Å². The summed E-state index contributed by atoms with van der Waals surface area (Å²) in [6.45, 7) is 10.2. The first kappa shape index (κ1) is 21.1. The quantitative estimate of drug-likeness (QED) is 0.472. The van der Waals surface area contributed by atoms with E-state index < -0.39 is 0 Å². The molecule has 0 aromatic heterocycles. The van der Waals surface area contributed by atoms with E-state index in [1.165, 1.54) is 95.6 Å². The van der Waals surface area contributed by atoms with Gasteiger partial charge in [-0.25, -0.2) is 0 Å². The van der Waals surface area contributed by atoms with E-state index in [1.54, 1.807) is 0 Å². The highest BCUT2D eigenvalue weighted by Crippen LogP contribution is 2.50. The van der Waals surface area contributed by atoms with Gasteiger partial charge in [0.05, 0.1) is 0 Å². The van der Waals surface area contributed by atoms with Crippen molar-refractivity contribution in [2.75, 3.05) is 5.75 Å². The van der Waals surface area contributed by atoms with Crippen LogP contribution in [0.2, 0.25) is 0 Å². The van der Waals surface area contributed by atoms with Crippen LogP contribution in [0.25, 0.3) is 0 Å². The van der Waals surface area contributed by atoms with Crippen LogP contribution in [0.1, 0.15) is 118 Å². The minimum atomic E-state index is 0.569. The Kier molecular flexibility index (Phi) is 7.48. The minimum absolute atomic E-state index is 0.569. The van der Waals surface area contributed by atoms with Gasteiger partial charge in [0.15, 0.2) is 0 Å². The van der Waals surface area contributed by atoms with Crippen molar-refractivity contribution in [3.8, 4) is 0 Å². The summed E-state index contributed by atoms with van der Waals surface area (Å²) >= 11 is 2.34. The molecule has 4 unspecified atom stereocenters. The molecule has 4 atom stereocenters. The molecule has 3 rings (SSSR count). The first-order valence-corrected chi connectivity index (χ1v) is 13.0. The zero-order chi connectivity index (χ0) is 18.6. The van der Waals surface area contributed by atoms with Crippen LogP contribution in [0.15, 0.2) is 0 Å². The number of hydrogen-bond donors (Lipinski definition) is 0. The van der Waals surface area contributed by atoms with E-state index in [0.717, 1.165) is 23.0 Å². The van der Waals surface area contributed by atoms with Crippen LogP contribution in [-0.2, 0) is 0 Å². The van der Waals surface area contributed by atoms with Gasteiger partial charge in [-0.05, 0) is 92.1 Å². The standard InChI is InChI=1S/C25H46S/c1-20-9-8-16-25(4,15-7-5-6-14-24(2,3)18-20)22-12-13-23(17-22)26-19-21-10-11-21/h20-23H,5-19H2,1-4H3. The highest BCUT2D eigenvalue weighted by molar-refractivity contribution is 7.99. The van der Waals surface area contributed by atoms with Crippen LogP contribution in [0.4, 0.5) is 0 Å². The Hall–Kier alpha value is 0.350. The maximum Gasteiger partial charge on any atom is 0.00501 e. The van der Waals surface area contributed by atoms with Crippen molar-refractivity contribution in [3.63, 3.8) is 0 Å². The third-order valence-corrected chi connectivity index (χ3v) is 9.65. The van der Waals surface area contributed by atoms with Crippen molar-refractivity contribution in [1.82, 2.24) is 0 Å². The van der Waals surface area contributed by atoms with Crippen LogP contribution in [0.5, 0.6) is 0 Å². The zero-order valence-corrected chi connectivity index (χ0v) is 19.1. The molecule has 0 aliphatic heterocycles. The average molecular weight is 379 g/mol. The predicted octanol–water partition coefficient (Wildman–Crippen LogP) is 8.49. The Morgan fingerprint density at radius 1 is 0.808 bits per heavy atom. The molecule has 152 valence electrons. The highest BCUT2D eigenvalue weighted by atomic mass is 32.2. The molecule has 0 radical (unpaired) electrons. The van der Waals surface area contributed by atoms with E-state index in [9.17, 15) is 0 Å². The van der Waals surface area contributed by atoms with E-state index >= 15 is 0 Å². The second kappa shape index (κ2) is 9.23. The molecule has 0 N–H and O–H groups in total. The van der Waals surface area contributed by atoms with E-state index in [-0.39, 0.29) is 0 Å². The molecule has 3 saturated carbocycles. The highest BCUT2D eigenvalue weighted by Gasteiger charge is 2.39. The molecular weight excluding hydrogens is 332 g/mol. The van der Waals surface area contributed by atoms with E-state index in [4.69, 9.17) is 0 Å². The van der Waals surface area contributed by atoms with Gasteiger partial charge in [-0.2, -0.15) is 11.8 Å². The summed E-state index contributed by atoms with van der Waals surface area (Å²) in [7, 11) is 0. The lowest BCUT2D eigenvalue weighted by atomic mass is 9.68. The molecule has 26 heavy (non-hydrogen) atoms. The second-order valence-electron chi connectivity index (χ2n) is 11.5. The number of rotatable bonds is 4. The van der Waals surface area contributed by atoms with Gasteiger partial charge >= 0.3 is 0 Å². The van der Waals surface area contributed by atoms with Crippen molar-refractivity contribution >= 4 is 11.8 Å². The van der Waals surface area contributed by atoms with Crippen molar-refractivity contribution in [2.45, 2.75) is 123 Å². The van der Waals surface area contributed by atoms with Gasteiger partial charge in [0.25, 0.3) is 0 Å². The monoisotopic (exact) mass is 378 g/mol. The summed E-state index contributed by atoms with van der Waals surface area (Å²) in [4.78, 5) is 0. The van der Waals surface area contributed by atoms with Crippen LogP contribution >= 0.6 is 11.8 Å². The summed E-state index contributed by atoms with van der Waals surface area (Å²) < 4.78 is 0. The fraction of sp³-hybridized carbons (Fsp3) is 1.00. The fourth-order valence-corrected chi connectivity index (χ4v) is 7.67. The SMILES string of the molecule is CC1CCCC(C)(C2CCC(SCC3CC3)C2)CCCCCC(C)(C)C1. The van der Waals surface area contributed by atoms with Crippen molar-refractivity contribution in [2.24, 2.45) is 28.6 Å². The topological polar surface area (TPSA) is 0 Å². The van der Waals surface area contributed by atoms with E-state index in [1.807, 2.05) is 0 Å². The van der Waals surface area contributed by atoms with Crippen LogP contribution in [0, 0.1) is 28.6 Å². The molecule has 0 heterocycles. The van der Waals surface area contributed by atoms with Crippen LogP contribution < -0.4 is 0 Å². The summed E-state index contributed by atoms with van der Waals surface area (Å²) in [6, 6.07) is 0. The Balaban J connectivity index is 1.52. The Morgan fingerprint density at radius 2 is 1.54 bits per heavy atom. The van der Waals surface area contributed by atoms with E-state index in [0.29, 0.717) is 10.8 Å². The van der Waals surface area contributed by atoms with Crippen LogP contribution in [-0.4, -0.2) is 11.0 Å². The molecule has 0 amide bonds. The molecule has 3 aliphatic carbocycles. The largest absolute Gasteiger partial charge is 0.158 e. The van der Waals surface area contributed by atoms with Crippen molar-refractivity contribution in [1.29, 1.82) is 0 Å². The molecule has 0 bridgehead atoms. The predicted molar refractivity (Wildman–Crippen MR) is 119 cm³/mol. The summed E-state index contributed by atoms with van der Waals surface area (Å²) in [6.07, 6.45) is 20.9. The van der Waals surface area contributed by atoms with Crippen molar-refractivity contribution < 1.29 is 0 Å². The lowest BCUT2D eigenvalue weighted by molar-refractivity contribution is 0.135. The van der Waals surface area contributed by atoms with Crippen molar-refractivity contribution in [3.05, 3.63) is 0 Å². The van der Waals surface area contributed by atoms with E-state index in [2.05, 4.69) is 39.5 Å². The molecule has 0 spiro atoms. The van der Waals surface area contributed by atoms with Gasteiger partial charge in [0, 0.05) is 5.25 Å². The number of thioether (sulfide) groups is 1. The third-order valence-electron chi connectivity index (χ3n) is 8.08. The molecular formula is C25H46S.